The summed E-state index contributed by atoms with van der Waals surface area (Å²) in [5, 5.41) is 0. The standard InChI is InChI=1S/C11H18N2O2/c1-2-8-14-10-5-3-7-13-11(10)15-9-4-6-12/h3,5,7H,2,4,6,8-9,12H2,1H3. The molecule has 0 radical (unpaired) electrons. The molecule has 0 atom stereocenters. The third-order valence-electron chi connectivity index (χ3n) is 1.79. The summed E-state index contributed by atoms with van der Waals surface area (Å²) in [5.41, 5.74) is 5.38. The summed E-state index contributed by atoms with van der Waals surface area (Å²) in [6, 6.07) is 3.70. The van der Waals surface area contributed by atoms with Gasteiger partial charge in [-0.15, -0.1) is 0 Å². The molecule has 1 aromatic heterocycles. The number of aromatic nitrogens is 1. The van der Waals surface area contributed by atoms with Gasteiger partial charge in [0.25, 0.3) is 5.88 Å². The van der Waals surface area contributed by atoms with Crippen LogP contribution in [0, 0.1) is 0 Å². The molecule has 0 aliphatic rings. The molecule has 0 amide bonds. The molecule has 0 aliphatic heterocycles. The molecule has 1 rings (SSSR count). The second-order valence-electron chi connectivity index (χ2n) is 3.15. The Kier molecular flexibility index (Phi) is 5.55. The molecule has 2 N–H and O–H groups in total. The Bertz CT molecular complexity index is 279. The molecular weight excluding hydrogens is 192 g/mol. The summed E-state index contributed by atoms with van der Waals surface area (Å²) in [4.78, 5) is 4.12. The number of ether oxygens (including phenoxy) is 2. The van der Waals surface area contributed by atoms with Gasteiger partial charge in [0.2, 0.25) is 0 Å². The lowest BCUT2D eigenvalue weighted by atomic mass is 10.4. The van der Waals surface area contributed by atoms with Crippen LogP contribution in [-0.2, 0) is 0 Å². The van der Waals surface area contributed by atoms with Gasteiger partial charge in [0.1, 0.15) is 0 Å². The van der Waals surface area contributed by atoms with E-state index in [0.717, 1.165) is 12.8 Å². The number of hydrogen-bond acceptors (Lipinski definition) is 4. The van der Waals surface area contributed by atoms with E-state index in [1.807, 2.05) is 12.1 Å². The highest BCUT2D eigenvalue weighted by molar-refractivity contribution is 5.32. The summed E-state index contributed by atoms with van der Waals surface area (Å²) in [5.74, 6) is 1.26. The Morgan fingerprint density at radius 2 is 2.20 bits per heavy atom. The van der Waals surface area contributed by atoms with Gasteiger partial charge in [-0.1, -0.05) is 6.92 Å². The van der Waals surface area contributed by atoms with Crippen molar-refractivity contribution >= 4 is 0 Å². The van der Waals surface area contributed by atoms with E-state index in [1.54, 1.807) is 6.20 Å². The van der Waals surface area contributed by atoms with Gasteiger partial charge in [-0.25, -0.2) is 4.98 Å². The fraction of sp³-hybridized carbons (Fsp3) is 0.545. The minimum absolute atomic E-state index is 0.555. The second-order valence-corrected chi connectivity index (χ2v) is 3.15. The number of nitrogens with zero attached hydrogens (tertiary/aromatic N) is 1. The summed E-state index contributed by atoms with van der Waals surface area (Å²) in [6.07, 6.45) is 3.48. The Hall–Kier alpha value is -1.29. The zero-order valence-electron chi connectivity index (χ0n) is 9.11. The smallest absolute Gasteiger partial charge is 0.256 e. The van der Waals surface area contributed by atoms with Crippen LogP contribution >= 0.6 is 0 Å². The first-order valence-electron chi connectivity index (χ1n) is 5.29. The minimum Gasteiger partial charge on any atom is -0.488 e. The molecule has 0 bridgehead atoms. The maximum Gasteiger partial charge on any atom is 0.256 e. The van der Waals surface area contributed by atoms with Crippen molar-refractivity contribution in [1.29, 1.82) is 0 Å². The van der Waals surface area contributed by atoms with Crippen LogP contribution in [0.25, 0.3) is 0 Å². The molecule has 84 valence electrons. The maximum absolute atomic E-state index is 5.50. The summed E-state index contributed by atoms with van der Waals surface area (Å²) in [7, 11) is 0. The highest BCUT2D eigenvalue weighted by Gasteiger charge is 2.04. The van der Waals surface area contributed by atoms with E-state index >= 15 is 0 Å². The van der Waals surface area contributed by atoms with Gasteiger partial charge in [0.05, 0.1) is 13.2 Å². The van der Waals surface area contributed by atoms with Crippen molar-refractivity contribution in [3.63, 3.8) is 0 Å². The van der Waals surface area contributed by atoms with Crippen LogP contribution in [0.1, 0.15) is 19.8 Å². The molecule has 4 heteroatoms. The average molecular weight is 210 g/mol. The second kappa shape index (κ2) is 7.06. The van der Waals surface area contributed by atoms with Gasteiger partial charge in [-0.3, -0.25) is 0 Å². The fourth-order valence-electron chi connectivity index (χ4n) is 1.06. The van der Waals surface area contributed by atoms with Crippen molar-refractivity contribution < 1.29 is 9.47 Å². The first-order valence-corrected chi connectivity index (χ1v) is 5.29. The maximum atomic E-state index is 5.50. The zero-order chi connectivity index (χ0) is 10.9. The predicted molar refractivity (Wildman–Crippen MR) is 59.2 cm³/mol. The van der Waals surface area contributed by atoms with Crippen LogP contribution in [-0.4, -0.2) is 24.7 Å². The summed E-state index contributed by atoms with van der Waals surface area (Å²) < 4.78 is 11.0. The van der Waals surface area contributed by atoms with E-state index in [0.29, 0.717) is 31.4 Å². The zero-order valence-corrected chi connectivity index (χ0v) is 9.11. The first-order chi connectivity index (χ1) is 7.38. The Labute approximate surface area is 90.4 Å². The quantitative estimate of drug-likeness (QED) is 0.694. The van der Waals surface area contributed by atoms with Crippen molar-refractivity contribution in [1.82, 2.24) is 4.98 Å². The highest BCUT2D eigenvalue weighted by atomic mass is 16.5. The minimum atomic E-state index is 0.555. The Morgan fingerprint density at radius 1 is 1.33 bits per heavy atom. The van der Waals surface area contributed by atoms with Gasteiger partial charge in [-0.05, 0) is 31.5 Å². The van der Waals surface area contributed by atoms with E-state index in [1.165, 1.54) is 0 Å². The molecule has 0 unspecified atom stereocenters. The summed E-state index contributed by atoms with van der Waals surface area (Å²) >= 11 is 0. The molecule has 4 nitrogen and oxygen atoms in total. The molecule has 15 heavy (non-hydrogen) atoms. The van der Waals surface area contributed by atoms with E-state index < -0.39 is 0 Å². The molecular formula is C11H18N2O2. The molecule has 0 aliphatic carbocycles. The fourth-order valence-corrected chi connectivity index (χ4v) is 1.06. The topological polar surface area (TPSA) is 57.4 Å². The average Bonchev–Trinajstić information content (AvgIpc) is 2.28. The molecule has 0 fully saturated rings. The Morgan fingerprint density at radius 3 is 2.93 bits per heavy atom. The van der Waals surface area contributed by atoms with Crippen molar-refractivity contribution in [3.8, 4) is 11.6 Å². The highest BCUT2D eigenvalue weighted by Crippen LogP contribution is 2.23. The van der Waals surface area contributed by atoms with Crippen molar-refractivity contribution in [2.75, 3.05) is 19.8 Å². The molecule has 0 spiro atoms. The number of hydrogen-bond donors (Lipinski definition) is 1. The SMILES string of the molecule is CCCOc1cccnc1OCCCN. The third kappa shape index (κ3) is 4.16. The largest absolute Gasteiger partial charge is 0.488 e. The van der Waals surface area contributed by atoms with Gasteiger partial charge in [0.15, 0.2) is 5.75 Å². The van der Waals surface area contributed by atoms with Gasteiger partial charge < -0.3 is 15.2 Å². The van der Waals surface area contributed by atoms with Gasteiger partial charge in [0, 0.05) is 6.20 Å². The van der Waals surface area contributed by atoms with Crippen molar-refractivity contribution in [2.45, 2.75) is 19.8 Å². The van der Waals surface area contributed by atoms with Crippen LogP contribution in [0.4, 0.5) is 0 Å². The molecule has 1 aromatic rings. The number of nitrogens with two attached hydrogens (primary N) is 1. The van der Waals surface area contributed by atoms with Crippen LogP contribution in [0.5, 0.6) is 11.6 Å². The van der Waals surface area contributed by atoms with E-state index in [-0.39, 0.29) is 0 Å². The lowest BCUT2D eigenvalue weighted by Crippen LogP contribution is -2.08. The van der Waals surface area contributed by atoms with Crippen LogP contribution in [0.3, 0.4) is 0 Å². The number of rotatable bonds is 7. The molecule has 1 heterocycles. The lowest BCUT2D eigenvalue weighted by molar-refractivity contribution is 0.258. The van der Waals surface area contributed by atoms with Crippen molar-refractivity contribution in [3.05, 3.63) is 18.3 Å². The first kappa shape index (κ1) is 11.8. The van der Waals surface area contributed by atoms with Gasteiger partial charge >= 0.3 is 0 Å². The van der Waals surface area contributed by atoms with Crippen LogP contribution < -0.4 is 15.2 Å². The van der Waals surface area contributed by atoms with Crippen LogP contribution in [0.2, 0.25) is 0 Å². The van der Waals surface area contributed by atoms with Crippen LogP contribution in [0.15, 0.2) is 18.3 Å². The van der Waals surface area contributed by atoms with E-state index in [4.69, 9.17) is 15.2 Å². The Balaban J connectivity index is 2.52. The van der Waals surface area contributed by atoms with Gasteiger partial charge in [-0.2, -0.15) is 0 Å². The van der Waals surface area contributed by atoms with E-state index in [9.17, 15) is 0 Å². The lowest BCUT2D eigenvalue weighted by Gasteiger charge is -2.10. The third-order valence-corrected chi connectivity index (χ3v) is 1.79. The molecule has 0 saturated heterocycles. The van der Waals surface area contributed by atoms with E-state index in [2.05, 4.69) is 11.9 Å². The monoisotopic (exact) mass is 210 g/mol. The van der Waals surface area contributed by atoms with Crippen molar-refractivity contribution in [2.24, 2.45) is 5.73 Å². The molecule has 0 saturated carbocycles. The summed E-state index contributed by atoms with van der Waals surface area (Å²) in [6.45, 7) is 3.94. The number of pyridine rings is 1. The normalized spacial score (nSPS) is 10.0. The molecule has 0 aromatic carbocycles. The predicted octanol–water partition coefficient (Wildman–Crippen LogP) is 1.60.